The Kier molecular flexibility index (Phi) is 3.74. The van der Waals surface area contributed by atoms with Gasteiger partial charge in [-0.15, -0.1) is 0 Å². The topological polar surface area (TPSA) is 88.5 Å². The van der Waals surface area contributed by atoms with Crippen LogP contribution in [-0.2, 0) is 16.6 Å². The van der Waals surface area contributed by atoms with Crippen molar-refractivity contribution in [3.63, 3.8) is 0 Å². The van der Waals surface area contributed by atoms with E-state index in [0.29, 0.717) is 43.7 Å². The van der Waals surface area contributed by atoms with Crippen LogP contribution < -0.4 is 9.47 Å². The Balaban J connectivity index is 1.67. The van der Waals surface area contributed by atoms with Gasteiger partial charge in [0, 0.05) is 12.1 Å². The van der Waals surface area contributed by atoms with Gasteiger partial charge < -0.3 is 29.3 Å². The van der Waals surface area contributed by atoms with E-state index < -0.39 is 35.4 Å². The molecule has 2 fully saturated rings. The van der Waals surface area contributed by atoms with Crippen molar-refractivity contribution in [3.8, 4) is 11.5 Å². The van der Waals surface area contributed by atoms with E-state index in [1.54, 1.807) is 12.0 Å². The standard InChI is InChI=1S/C21H25NO6/c1-3-10-27-19(24)22-9-8-20-16-12-4-5-14(26-2)17(16)28-18(20)13(23)6-7-21(20,25)15(22)11-12/h3-5,13,15,18,23,25H,1,6-11H2,2H3/t13?,15-,18+,20+,21-/m1/s1. The highest BCUT2D eigenvalue weighted by Gasteiger charge is 2.73. The number of carbonyl (C=O) groups excluding carboxylic acids is 1. The monoisotopic (exact) mass is 387 g/mol. The van der Waals surface area contributed by atoms with Crippen LogP contribution in [0, 0.1) is 0 Å². The summed E-state index contributed by atoms with van der Waals surface area (Å²) in [6.45, 7) is 4.16. The molecular formula is C21H25NO6. The summed E-state index contributed by atoms with van der Waals surface area (Å²) in [5, 5.41) is 22.8. The summed E-state index contributed by atoms with van der Waals surface area (Å²) < 4.78 is 17.0. The molecular weight excluding hydrogens is 362 g/mol. The molecule has 1 amide bonds. The molecule has 7 nitrogen and oxygen atoms in total. The molecule has 5 atom stereocenters. The lowest BCUT2D eigenvalue weighted by Gasteiger charge is -2.63. The fraction of sp³-hybridized carbons (Fsp3) is 0.571. The summed E-state index contributed by atoms with van der Waals surface area (Å²) in [5.41, 5.74) is 0.0476. The van der Waals surface area contributed by atoms with Crippen LogP contribution >= 0.6 is 0 Å². The molecule has 1 aromatic carbocycles. The molecule has 1 saturated heterocycles. The maximum absolute atomic E-state index is 12.7. The van der Waals surface area contributed by atoms with E-state index in [-0.39, 0.29) is 6.61 Å². The first kappa shape index (κ1) is 17.8. The predicted molar refractivity (Wildman–Crippen MR) is 99.6 cm³/mol. The molecule has 1 unspecified atom stereocenters. The van der Waals surface area contributed by atoms with Crippen LogP contribution in [0.5, 0.6) is 11.5 Å². The Hall–Kier alpha value is -2.25. The SMILES string of the molecule is C=CCOC(=O)N1CC[C@]23c4c5ccc(OC)c4O[C@H]2C(O)CC[C@@]3(O)[C@H]1C5. The van der Waals surface area contributed by atoms with Crippen LogP contribution in [0.25, 0.3) is 0 Å². The maximum atomic E-state index is 12.7. The van der Waals surface area contributed by atoms with Crippen molar-refractivity contribution in [2.75, 3.05) is 20.3 Å². The van der Waals surface area contributed by atoms with Crippen LogP contribution in [0.2, 0.25) is 0 Å². The van der Waals surface area contributed by atoms with Gasteiger partial charge in [-0.05, 0) is 37.3 Å². The predicted octanol–water partition coefficient (Wildman–Crippen LogP) is 1.53. The fourth-order valence-corrected chi connectivity index (χ4v) is 6.10. The molecule has 4 aliphatic rings. The molecule has 1 saturated carbocycles. The van der Waals surface area contributed by atoms with E-state index in [0.717, 1.165) is 11.1 Å². The number of amides is 1. The summed E-state index contributed by atoms with van der Waals surface area (Å²) in [5.74, 6) is 1.24. The summed E-state index contributed by atoms with van der Waals surface area (Å²) in [6.07, 6.45) is 1.70. The number of hydrogen-bond donors (Lipinski definition) is 2. The second-order valence-electron chi connectivity index (χ2n) is 8.20. The van der Waals surface area contributed by atoms with Crippen LogP contribution in [0.3, 0.4) is 0 Å². The molecule has 2 heterocycles. The van der Waals surface area contributed by atoms with Gasteiger partial charge in [0.1, 0.15) is 12.7 Å². The number of hydrogen-bond acceptors (Lipinski definition) is 6. The molecule has 0 radical (unpaired) electrons. The van der Waals surface area contributed by atoms with E-state index in [9.17, 15) is 15.0 Å². The van der Waals surface area contributed by atoms with E-state index >= 15 is 0 Å². The summed E-state index contributed by atoms with van der Waals surface area (Å²) >= 11 is 0. The zero-order chi connectivity index (χ0) is 19.7. The van der Waals surface area contributed by atoms with Crippen LogP contribution in [0.4, 0.5) is 4.79 Å². The zero-order valence-electron chi connectivity index (χ0n) is 15.9. The molecule has 0 aromatic heterocycles. The van der Waals surface area contributed by atoms with E-state index in [4.69, 9.17) is 14.2 Å². The van der Waals surface area contributed by atoms with Gasteiger partial charge in [0.25, 0.3) is 0 Å². The number of ether oxygens (including phenoxy) is 3. The van der Waals surface area contributed by atoms with Crippen molar-refractivity contribution in [2.45, 2.75) is 54.9 Å². The van der Waals surface area contributed by atoms with Crippen molar-refractivity contribution >= 4 is 6.09 Å². The van der Waals surface area contributed by atoms with E-state index in [1.807, 2.05) is 12.1 Å². The number of likely N-dealkylation sites (tertiary alicyclic amines) is 1. The third-order valence-corrected chi connectivity index (χ3v) is 7.19. The molecule has 2 N–H and O–H groups in total. The van der Waals surface area contributed by atoms with Crippen molar-refractivity contribution in [1.82, 2.24) is 4.90 Å². The number of methoxy groups -OCH3 is 1. The Bertz CT molecular complexity index is 856. The first-order valence-electron chi connectivity index (χ1n) is 9.79. The number of carbonyl (C=O) groups is 1. The number of benzene rings is 1. The second kappa shape index (κ2) is 5.87. The van der Waals surface area contributed by atoms with Gasteiger partial charge >= 0.3 is 6.09 Å². The molecule has 1 spiro atoms. The third-order valence-electron chi connectivity index (χ3n) is 7.19. The van der Waals surface area contributed by atoms with Gasteiger partial charge in [0.2, 0.25) is 0 Å². The molecule has 2 aliphatic heterocycles. The Morgan fingerprint density at radius 2 is 2.29 bits per heavy atom. The maximum Gasteiger partial charge on any atom is 0.410 e. The minimum atomic E-state index is -1.19. The first-order valence-corrected chi connectivity index (χ1v) is 9.79. The van der Waals surface area contributed by atoms with Gasteiger partial charge in [0.15, 0.2) is 11.5 Å². The highest BCUT2D eigenvalue weighted by Crippen LogP contribution is 2.65. The number of aliphatic hydroxyl groups is 2. The Morgan fingerprint density at radius 1 is 1.46 bits per heavy atom. The smallest absolute Gasteiger partial charge is 0.410 e. The lowest BCUT2D eigenvalue weighted by atomic mass is 9.48. The molecule has 2 bridgehead atoms. The van der Waals surface area contributed by atoms with Crippen LogP contribution in [-0.4, -0.2) is 65.3 Å². The lowest BCUT2D eigenvalue weighted by molar-refractivity contribution is -0.202. The van der Waals surface area contributed by atoms with Gasteiger partial charge in [-0.3, -0.25) is 0 Å². The van der Waals surface area contributed by atoms with Crippen LogP contribution in [0.1, 0.15) is 30.4 Å². The summed E-state index contributed by atoms with van der Waals surface area (Å²) in [7, 11) is 1.59. The largest absolute Gasteiger partial charge is 0.493 e. The average molecular weight is 387 g/mol. The van der Waals surface area contributed by atoms with Gasteiger partial charge in [-0.25, -0.2) is 4.79 Å². The normalized spacial score (nSPS) is 37.0. The van der Waals surface area contributed by atoms with Crippen LogP contribution in [0.15, 0.2) is 24.8 Å². The van der Waals surface area contributed by atoms with E-state index in [1.165, 1.54) is 6.08 Å². The summed E-state index contributed by atoms with van der Waals surface area (Å²) in [4.78, 5) is 14.3. The van der Waals surface area contributed by atoms with Crippen molar-refractivity contribution < 1.29 is 29.2 Å². The van der Waals surface area contributed by atoms with Gasteiger partial charge in [-0.1, -0.05) is 18.7 Å². The molecule has 1 aromatic rings. The van der Waals surface area contributed by atoms with Crippen molar-refractivity contribution in [2.24, 2.45) is 0 Å². The van der Waals surface area contributed by atoms with Crippen molar-refractivity contribution in [1.29, 1.82) is 0 Å². The fourth-order valence-electron chi connectivity index (χ4n) is 6.10. The van der Waals surface area contributed by atoms with E-state index in [2.05, 4.69) is 6.58 Å². The third kappa shape index (κ3) is 1.93. The molecule has 5 rings (SSSR count). The first-order chi connectivity index (χ1) is 13.5. The number of aliphatic hydroxyl groups excluding tert-OH is 1. The average Bonchev–Trinajstić information content (AvgIpc) is 3.04. The lowest BCUT2D eigenvalue weighted by Crippen LogP contribution is -2.77. The minimum absolute atomic E-state index is 0.133. The zero-order valence-corrected chi connectivity index (χ0v) is 15.9. The number of rotatable bonds is 3. The highest BCUT2D eigenvalue weighted by molar-refractivity contribution is 5.71. The Labute approximate surface area is 163 Å². The molecule has 2 aliphatic carbocycles. The quantitative estimate of drug-likeness (QED) is 0.765. The van der Waals surface area contributed by atoms with Gasteiger partial charge in [0.05, 0.1) is 30.3 Å². The minimum Gasteiger partial charge on any atom is -0.493 e. The number of nitrogens with zero attached hydrogens (tertiary/aromatic N) is 1. The molecule has 28 heavy (non-hydrogen) atoms. The second-order valence-corrected chi connectivity index (χ2v) is 8.20. The van der Waals surface area contributed by atoms with Crippen molar-refractivity contribution in [3.05, 3.63) is 35.9 Å². The Morgan fingerprint density at radius 3 is 3.04 bits per heavy atom. The summed E-state index contributed by atoms with van der Waals surface area (Å²) in [6, 6.07) is 3.41. The molecule has 7 heteroatoms. The highest BCUT2D eigenvalue weighted by atomic mass is 16.6. The van der Waals surface area contributed by atoms with Gasteiger partial charge in [-0.2, -0.15) is 0 Å². The molecule has 150 valence electrons. The number of piperidine rings is 1.